The fourth-order valence-electron chi connectivity index (χ4n) is 7.20. The molecule has 0 N–H and O–H groups in total. The molecule has 0 spiro atoms. The van der Waals surface area contributed by atoms with E-state index in [1.165, 1.54) is 0 Å². The van der Waals surface area contributed by atoms with E-state index in [9.17, 15) is 0 Å². The van der Waals surface area contributed by atoms with Crippen molar-refractivity contribution in [3.05, 3.63) is 206 Å². The Morgan fingerprint density at radius 2 is 0.655 bits per heavy atom. The molecule has 10 aromatic rings. The number of aromatic nitrogens is 6. The number of fused-ring (bicyclic) bond motifs is 1. The van der Waals surface area contributed by atoms with E-state index in [2.05, 4.69) is 91.0 Å². The predicted molar refractivity (Wildman–Crippen MR) is 234 cm³/mol. The molecule has 0 unspecified atom stereocenters. The zero-order chi connectivity index (χ0) is 38.7. The average Bonchev–Trinajstić information content (AvgIpc) is 3.32. The number of pyridine rings is 1. The van der Waals surface area contributed by atoms with Crippen LogP contribution in [0.4, 0.5) is 0 Å². The van der Waals surface area contributed by atoms with E-state index in [4.69, 9.17) is 29.9 Å². The molecule has 272 valence electrons. The summed E-state index contributed by atoms with van der Waals surface area (Å²) in [4.78, 5) is 29.6. The summed E-state index contributed by atoms with van der Waals surface area (Å²) in [5.41, 5.74) is 12.8. The van der Waals surface area contributed by atoms with Crippen LogP contribution < -0.4 is 0 Å². The summed E-state index contributed by atoms with van der Waals surface area (Å²) in [5.74, 6) is 2.60. The van der Waals surface area contributed by atoms with Gasteiger partial charge in [0, 0.05) is 50.5 Å². The summed E-state index contributed by atoms with van der Waals surface area (Å²) in [6, 6.07) is 68.0. The highest BCUT2D eigenvalue weighted by Crippen LogP contribution is 2.34. The van der Waals surface area contributed by atoms with Crippen molar-refractivity contribution in [1.29, 1.82) is 0 Å². The van der Waals surface area contributed by atoms with Gasteiger partial charge in [0.2, 0.25) is 0 Å². The highest BCUT2D eigenvalue weighted by Gasteiger charge is 2.15. The lowest BCUT2D eigenvalue weighted by Crippen LogP contribution is -2.00. The molecule has 0 amide bonds. The monoisotopic (exact) mass is 742 g/mol. The summed E-state index contributed by atoms with van der Waals surface area (Å²) >= 11 is 0. The van der Waals surface area contributed by atoms with E-state index in [1.54, 1.807) is 0 Å². The van der Waals surface area contributed by atoms with Crippen molar-refractivity contribution >= 4 is 10.9 Å². The fourth-order valence-corrected chi connectivity index (χ4v) is 7.20. The maximum atomic E-state index is 5.02. The van der Waals surface area contributed by atoms with Gasteiger partial charge in [0.15, 0.2) is 23.3 Å². The second kappa shape index (κ2) is 15.3. The van der Waals surface area contributed by atoms with Gasteiger partial charge < -0.3 is 0 Å². The highest BCUT2D eigenvalue weighted by atomic mass is 15.0. The highest BCUT2D eigenvalue weighted by molar-refractivity contribution is 5.97. The van der Waals surface area contributed by atoms with Gasteiger partial charge in [-0.3, -0.25) is 4.98 Å². The SMILES string of the molecule is c1ccc(-c2cc(-c3ccc(-c4cnc5cccc(-c6ccc(-c7nc(-c8ccccc8)nc(-c8ccccc8)n7)cc6)c5c4)cc3)nc(-c3ccccc3)n2)cc1. The number of hydrogen-bond acceptors (Lipinski definition) is 6. The molecule has 0 atom stereocenters. The van der Waals surface area contributed by atoms with E-state index in [-0.39, 0.29) is 0 Å². The Bertz CT molecular complexity index is 2890. The van der Waals surface area contributed by atoms with E-state index >= 15 is 0 Å². The predicted octanol–water partition coefficient (Wildman–Crippen LogP) is 12.5. The Kier molecular flexibility index (Phi) is 9.10. The van der Waals surface area contributed by atoms with Crippen LogP contribution in [0.2, 0.25) is 0 Å². The van der Waals surface area contributed by atoms with Gasteiger partial charge >= 0.3 is 0 Å². The zero-order valence-electron chi connectivity index (χ0n) is 31.3. The number of nitrogens with zero attached hydrogens (tertiary/aromatic N) is 6. The number of rotatable bonds is 8. The molecule has 0 bridgehead atoms. The van der Waals surface area contributed by atoms with E-state index in [1.807, 2.05) is 115 Å². The molecule has 0 fully saturated rings. The van der Waals surface area contributed by atoms with Crippen molar-refractivity contribution in [3.8, 4) is 90.3 Å². The van der Waals surface area contributed by atoms with Crippen LogP contribution >= 0.6 is 0 Å². The van der Waals surface area contributed by atoms with Crippen molar-refractivity contribution in [2.45, 2.75) is 0 Å². The first-order valence-corrected chi connectivity index (χ1v) is 19.2. The third kappa shape index (κ3) is 7.02. The van der Waals surface area contributed by atoms with Gasteiger partial charge in [0.25, 0.3) is 0 Å². The first-order valence-electron chi connectivity index (χ1n) is 19.2. The van der Waals surface area contributed by atoms with Crippen LogP contribution in [0.15, 0.2) is 206 Å². The van der Waals surface area contributed by atoms with Crippen LogP contribution in [0.1, 0.15) is 0 Å². The molecule has 0 radical (unpaired) electrons. The first kappa shape index (κ1) is 34.5. The normalized spacial score (nSPS) is 11.1. The maximum Gasteiger partial charge on any atom is 0.164 e. The van der Waals surface area contributed by atoms with Crippen LogP contribution in [0.3, 0.4) is 0 Å². The number of benzene rings is 7. The topological polar surface area (TPSA) is 77.3 Å². The lowest BCUT2D eigenvalue weighted by atomic mass is 9.96. The van der Waals surface area contributed by atoms with Gasteiger partial charge in [0.1, 0.15) is 0 Å². The average molecular weight is 743 g/mol. The van der Waals surface area contributed by atoms with Gasteiger partial charge in [-0.25, -0.2) is 24.9 Å². The van der Waals surface area contributed by atoms with Crippen LogP contribution in [0.5, 0.6) is 0 Å². The summed E-state index contributed by atoms with van der Waals surface area (Å²) in [7, 11) is 0. The van der Waals surface area contributed by atoms with Crippen molar-refractivity contribution in [3.63, 3.8) is 0 Å². The minimum atomic E-state index is 0.624. The molecule has 7 aromatic carbocycles. The van der Waals surface area contributed by atoms with Crippen molar-refractivity contribution < 1.29 is 0 Å². The number of hydrogen-bond donors (Lipinski definition) is 0. The van der Waals surface area contributed by atoms with Crippen molar-refractivity contribution in [2.75, 3.05) is 0 Å². The molecule has 0 saturated carbocycles. The Balaban J connectivity index is 0.976. The molecule has 10 rings (SSSR count). The molecular formula is C52H34N6. The molecule has 3 aromatic heterocycles. The molecule has 0 aliphatic carbocycles. The smallest absolute Gasteiger partial charge is 0.164 e. The summed E-state index contributed by atoms with van der Waals surface area (Å²) in [5, 5.41) is 1.07. The largest absolute Gasteiger partial charge is 0.256 e. The fraction of sp³-hybridized carbons (Fsp3) is 0. The molecule has 6 nitrogen and oxygen atoms in total. The Labute approximate surface area is 336 Å². The standard InChI is InChI=1S/C52H34N6/c1-5-14-37(15-6-1)47-33-48(55-49(54-47)39-16-7-2-8-17-39)38-28-24-35(25-29-38)43-32-45-44(22-13-23-46(45)53-34-43)36-26-30-42(31-27-36)52-57-50(40-18-9-3-10-19-40)56-51(58-52)41-20-11-4-12-21-41/h1-34H. The molecule has 58 heavy (non-hydrogen) atoms. The van der Waals surface area contributed by atoms with Crippen molar-refractivity contribution in [2.24, 2.45) is 0 Å². The quantitative estimate of drug-likeness (QED) is 0.154. The van der Waals surface area contributed by atoms with Gasteiger partial charge in [-0.1, -0.05) is 182 Å². The second-order valence-electron chi connectivity index (χ2n) is 14.0. The van der Waals surface area contributed by atoms with E-state index < -0.39 is 0 Å². The first-order chi connectivity index (χ1) is 28.7. The molecule has 0 saturated heterocycles. The molecule has 0 aliphatic heterocycles. The van der Waals surface area contributed by atoms with Crippen LogP contribution in [-0.4, -0.2) is 29.9 Å². The minimum absolute atomic E-state index is 0.624. The Hall–Kier alpha value is -7.96. The summed E-state index contributed by atoms with van der Waals surface area (Å²) in [6.07, 6.45) is 1.95. The van der Waals surface area contributed by atoms with Gasteiger partial charge in [-0.2, -0.15) is 0 Å². The van der Waals surface area contributed by atoms with Crippen LogP contribution in [-0.2, 0) is 0 Å². The van der Waals surface area contributed by atoms with Gasteiger partial charge in [0.05, 0.1) is 16.9 Å². The summed E-state index contributed by atoms with van der Waals surface area (Å²) in [6.45, 7) is 0. The molecule has 6 heteroatoms. The second-order valence-corrected chi connectivity index (χ2v) is 14.0. The van der Waals surface area contributed by atoms with Gasteiger partial charge in [-0.15, -0.1) is 0 Å². The third-order valence-electron chi connectivity index (χ3n) is 10.2. The lowest BCUT2D eigenvalue weighted by Gasteiger charge is -2.11. The van der Waals surface area contributed by atoms with E-state index in [0.29, 0.717) is 23.3 Å². The Morgan fingerprint density at radius 1 is 0.259 bits per heavy atom. The molecular weight excluding hydrogens is 709 g/mol. The van der Waals surface area contributed by atoms with Gasteiger partial charge in [-0.05, 0) is 34.9 Å². The van der Waals surface area contributed by atoms with Crippen molar-refractivity contribution in [1.82, 2.24) is 29.9 Å². The maximum absolute atomic E-state index is 5.02. The minimum Gasteiger partial charge on any atom is -0.256 e. The zero-order valence-corrected chi connectivity index (χ0v) is 31.3. The van der Waals surface area contributed by atoms with Crippen LogP contribution in [0, 0.1) is 0 Å². The Morgan fingerprint density at radius 3 is 1.17 bits per heavy atom. The third-order valence-corrected chi connectivity index (χ3v) is 10.2. The molecule has 3 heterocycles. The van der Waals surface area contributed by atoms with Crippen LogP contribution in [0.25, 0.3) is 101 Å². The summed E-state index contributed by atoms with van der Waals surface area (Å²) < 4.78 is 0. The van der Waals surface area contributed by atoms with E-state index in [0.717, 1.165) is 77.9 Å². The lowest BCUT2D eigenvalue weighted by molar-refractivity contribution is 1.07. The molecule has 0 aliphatic rings.